The fraction of sp³-hybridized carbons (Fsp3) is 0.600. The van der Waals surface area contributed by atoms with Gasteiger partial charge >= 0.3 is 6.18 Å². The van der Waals surface area contributed by atoms with Gasteiger partial charge in [0.1, 0.15) is 0 Å². The van der Waals surface area contributed by atoms with Gasteiger partial charge in [-0.25, -0.2) is 13.5 Å². The van der Waals surface area contributed by atoms with Gasteiger partial charge in [0.05, 0.1) is 6.54 Å². The number of halogens is 5. The molecule has 2 aromatic rings. The van der Waals surface area contributed by atoms with Crippen LogP contribution in [0.4, 0.5) is 22.0 Å². The Kier molecular flexibility index (Phi) is 5.91. The van der Waals surface area contributed by atoms with Crippen molar-refractivity contribution in [3.8, 4) is 0 Å². The van der Waals surface area contributed by atoms with Gasteiger partial charge in [0.15, 0.2) is 5.69 Å². The summed E-state index contributed by atoms with van der Waals surface area (Å²) in [6.07, 6.45) is -6.22. The van der Waals surface area contributed by atoms with E-state index in [2.05, 4.69) is 20.7 Å². The Morgan fingerprint density at radius 3 is 2.64 bits per heavy atom. The Hall–Kier alpha value is -2.18. The van der Waals surface area contributed by atoms with Crippen molar-refractivity contribution in [2.75, 3.05) is 11.2 Å². The van der Waals surface area contributed by atoms with Crippen molar-refractivity contribution in [3.63, 3.8) is 0 Å². The molecule has 0 atom stereocenters. The van der Waals surface area contributed by atoms with E-state index in [1.807, 2.05) is 0 Å². The molecule has 13 heteroatoms. The number of alkyl halides is 5. The third-order valence-electron chi connectivity index (χ3n) is 4.01. The van der Waals surface area contributed by atoms with Gasteiger partial charge in [-0.05, 0) is 24.7 Å². The zero-order valence-electron chi connectivity index (χ0n) is 14.7. The number of thioether (sulfide) groups is 1. The molecule has 0 bridgehead atoms. The van der Waals surface area contributed by atoms with Crippen LogP contribution in [0.1, 0.15) is 55.7 Å². The van der Waals surface area contributed by atoms with Gasteiger partial charge in [0.2, 0.25) is 16.9 Å². The summed E-state index contributed by atoms with van der Waals surface area (Å²) in [4.78, 5) is 12.2. The van der Waals surface area contributed by atoms with Gasteiger partial charge in [0.25, 0.3) is 6.43 Å². The molecule has 154 valence electrons. The van der Waals surface area contributed by atoms with Crippen LogP contribution in [0.5, 0.6) is 0 Å². The molecule has 0 radical (unpaired) electrons. The van der Waals surface area contributed by atoms with E-state index < -0.39 is 30.0 Å². The SMILES string of the molecule is CCSc1nnc(C(F)F)n1NC(=O)CCn1nc(C(F)(F)F)cc1C1CC1. The van der Waals surface area contributed by atoms with Crippen LogP contribution >= 0.6 is 11.8 Å². The van der Waals surface area contributed by atoms with Crippen LogP contribution in [0.2, 0.25) is 0 Å². The van der Waals surface area contributed by atoms with E-state index in [4.69, 9.17) is 0 Å². The molecule has 0 unspecified atom stereocenters. The van der Waals surface area contributed by atoms with Gasteiger partial charge in [-0.2, -0.15) is 18.3 Å². The number of aromatic nitrogens is 5. The Bertz CT molecular complexity index is 845. The van der Waals surface area contributed by atoms with Gasteiger partial charge < -0.3 is 0 Å². The maximum absolute atomic E-state index is 13.0. The maximum Gasteiger partial charge on any atom is 0.435 e. The standard InChI is InChI=1S/C15H17F5N6OS/c1-2-28-14-22-21-13(12(16)17)26(14)24-11(27)5-6-25-9(8-3-4-8)7-10(23-25)15(18,19)20/h7-8,12H,2-6H2,1H3,(H,24,27). The summed E-state index contributed by atoms with van der Waals surface area (Å²) in [5.74, 6) is -0.843. The minimum atomic E-state index is -4.57. The number of carbonyl (C=O) groups excluding carboxylic acids is 1. The van der Waals surface area contributed by atoms with E-state index >= 15 is 0 Å². The van der Waals surface area contributed by atoms with Crippen molar-refractivity contribution in [1.82, 2.24) is 24.7 Å². The predicted molar refractivity (Wildman–Crippen MR) is 89.6 cm³/mol. The molecule has 3 rings (SSSR count). The molecule has 0 spiro atoms. The number of carbonyl (C=O) groups is 1. The molecule has 2 aromatic heterocycles. The fourth-order valence-electron chi connectivity index (χ4n) is 2.59. The van der Waals surface area contributed by atoms with Crippen LogP contribution in [0.25, 0.3) is 0 Å². The Morgan fingerprint density at radius 1 is 1.36 bits per heavy atom. The molecule has 0 aliphatic heterocycles. The second kappa shape index (κ2) is 8.05. The van der Waals surface area contributed by atoms with Crippen molar-refractivity contribution in [3.05, 3.63) is 23.3 Å². The highest BCUT2D eigenvalue weighted by Crippen LogP contribution is 2.42. The summed E-state index contributed by atoms with van der Waals surface area (Å²) in [5.41, 5.74) is 1.71. The minimum Gasteiger partial charge on any atom is -0.273 e. The zero-order chi connectivity index (χ0) is 20.5. The van der Waals surface area contributed by atoms with E-state index in [1.54, 1.807) is 6.92 Å². The molecule has 0 aromatic carbocycles. The molecule has 1 N–H and O–H groups in total. The molecular formula is C15H17F5N6OS. The van der Waals surface area contributed by atoms with Gasteiger partial charge in [-0.3, -0.25) is 14.9 Å². The quantitative estimate of drug-likeness (QED) is 0.518. The Labute approximate surface area is 160 Å². The summed E-state index contributed by atoms with van der Waals surface area (Å²) in [7, 11) is 0. The van der Waals surface area contributed by atoms with Crippen LogP contribution < -0.4 is 5.43 Å². The number of nitrogens with zero attached hydrogens (tertiary/aromatic N) is 5. The smallest absolute Gasteiger partial charge is 0.273 e. The van der Waals surface area contributed by atoms with Crippen molar-refractivity contribution in [1.29, 1.82) is 0 Å². The van der Waals surface area contributed by atoms with E-state index in [0.29, 0.717) is 11.4 Å². The summed E-state index contributed by atoms with van der Waals surface area (Å²) in [6, 6.07) is 1.00. The van der Waals surface area contributed by atoms with Crippen LogP contribution in [-0.4, -0.2) is 36.3 Å². The lowest BCUT2D eigenvalue weighted by Crippen LogP contribution is -2.27. The van der Waals surface area contributed by atoms with Crippen molar-refractivity contribution >= 4 is 17.7 Å². The van der Waals surface area contributed by atoms with E-state index in [1.165, 1.54) is 4.68 Å². The van der Waals surface area contributed by atoms with Crippen LogP contribution in [-0.2, 0) is 17.5 Å². The molecule has 1 fully saturated rings. The van der Waals surface area contributed by atoms with Crippen molar-refractivity contribution in [2.45, 2.75) is 56.4 Å². The lowest BCUT2D eigenvalue weighted by Gasteiger charge is -2.11. The molecule has 0 saturated heterocycles. The summed E-state index contributed by atoms with van der Waals surface area (Å²) >= 11 is 1.12. The maximum atomic E-state index is 13.0. The monoisotopic (exact) mass is 424 g/mol. The Balaban J connectivity index is 1.70. The predicted octanol–water partition coefficient (Wildman–Crippen LogP) is 3.58. The van der Waals surface area contributed by atoms with Gasteiger partial charge in [0, 0.05) is 18.0 Å². The first-order valence-electron chi connectivity index (χ1n) is 8.51. The first kappa shape index (κ1) is 20.6. The van der Waals surface area contributed by atoms with Crippen molar-refractivity contribution in [2.24, 2.45) is 0 Å². The molecule has 1 saturated carbocycles. The fourth-order valence-corrected chi connectivity index (χ4v) is 3.22. The number of amides is 1. The zero-order valence-corrected chi connectivity index (χ0v) is 15.5. The summed E-state index contributed by atoms with van der Waals surface area (Å²) in [6.45, 7) is 1.68. The average molecular weight is 424 g/mol. The summed E-state index contributed by atoms with van der Waals surface area (Å²) in [5, 5.41) is 10.6. The highest BCUT2D eigenvalue weighted by atomic mass is 32.2. The normalized spacial score (nSPS) is 14.7. The highest BCUT2D eigenvalue weighted by molar-refractivity contribution is 7.99. The molecule has 1 aliphatic rings. The third kappa shape index (κ3) is 4.62. The van der Waals surface area contributed by atoms with Gasteiger partial charge in [-0.1, -0.05) is 18.7 Å². The van der Waals surface area contributed by atoms with E-state index in [-0.39, 0.29) is 24.0 Å². The number of nitrogens with one attached hydrogen (secondary N) is 1. The molecule has 7 nitrogen and oxygen atoms in total. The minimum absolute atomic E-state index is 0.00232. The van der Waals surface area contributed by atoms with Crippen LogP contribution in [0.15, 0.2) is 11.2 Å². The van der Waals surface area contributed by atoms with E-state index in [9.17, 15) is 26.7 Å². The molecule has 2 heterocycles. The summed E-state index contributed by atoms with van der Waals surface area (Å²) < 4.78 is 66.8. The van der Waals surface area contributed by atoms with Gasteiger partial charge in [-0.15, -0.1) is 10.2 Å². The second-order valence-electron chi connectivity index (χ2n) is 6.14. The Morgan fingerprint density at radius 2 is 2.07 bits per heavy atom. The van der Waals surface area contributed by atoms with E-state index in [0.717, 1.165) is 35.3 Å². The average Bonchev–Trinajstić information content (AvgIpc) is 3.23. The first-order valence-corrected chi connectivity index (χ1v) is 9.50. The van der Waals surface area contributed by atoms with Crippen LogP contribution in [0.3, 0.4) is 0 Å². The molecule has 28 heavy (non-hydrogen) atoms. The van der Waals surface area contributed by atoms with Crippen LogP contribution in [0, 0.1) is 0 Å². The van der Waals surface area contributed by atoms with Crippen molar-refractivity contribution < 1.29 is 26.7 Å². The topological polar surface area (TPSA) is 77.6 Å². The third-order valence-corrected chi connectivity index (χ3v) is 4.82. The largest absolute Gasteiger partial charge is 0.435 e. The first-order chi connectivity index (χ1) is 13.2. The highest BCUT2D eigenvalue weighted by Gasteiger charge is 2.37. The number of aryl methyl sites for hydroxylation is 1. The molecular weight excluding hydrogens is 407 g/mol. The molecule has 1 aliphatic carbocycles. The number of rotatable bonds is 8. The molecule has 1 amide bonds. The second-order valence-corrected chi connectivity index (χ2v) is 7.38. The lowest BCUT2D eigenvalue weighted by atomic mass is 10.2. The number of hydrogen-bond donors (Lipinski definition) is 1. The lowest BCUT2D eigenvalue weighted by molar-refractivity contribution is -0.141. The number of hydrogen-bond acceptors (Lipinski definition) is 5.